The minimum absolute atomic E-state index is 0.132. The van der Waals surface area contributed by atoms with Crippen LogP contribution < -0.4 is 15.0 Å². The second-order valence-corrected chi connectivity index (χ2v) is 9.17. The van der Waals surface area contributed by atoms with E-state index in [1.807, 2.05) is 39.1 Å². The second-order valence-electron chi connectivity index (χ2n) is 9.17. The predicted octanol–water partition coefficient (Wildman–Crippen LogP) is 2.51. The van der Waals surface area contributed by atoms with E-state index in [1.165, 1.54) is 5.56 Å². The Hall–Kier alpha value is -3.46. The van der Waals surface area contributed by atoms with Crippen LogP contribution in [0.4, 0.5) is 5.69 Å². The molecule has 36 heavy (non-hydrogen) atoms. The number of nitrogens with zero attached hydrogens (tertiary/aromatic N) is 4. The number of piperidine rings is 1. The van der Waals surface area contributed by atoms with E-state index in [1.54, 1.807) is 12.0 Å². The van der Waals surface area contributed by atoms with E-state index in [-0.39, 0.29) is 24.1 Å². The van der Waals surface area contributed by atoms with Gasteiger partial charge in [-0.15, -0.1) is 0 Å². The predicted molar refractivity (Wildman–Crippen MR) is 137 cm³/mol. The Balaban J connectivity index is 0.00000148. The normalized spacial score (nSPS) is 20.0. The lowest BCUT2D eigenvalue weighted by Gasteiger charge is -2.36. The van der Waals surface area contributed by atoms with Crippen LogP contribution >= 0.6 is 0 Å². The lowest BCUT2D eigenvalue weighted by Crippen LogP contribution is -2.52. The quantitative estimate of drug-likeness (QED) is 0.640. The fraction of sp³-hybridized carbons (Fsp3) is 0.481. The third-order valence-corrected chi connectivity index (χ3v) is 6.94. The van der Waals surface area contributed by atoms with Crippen LogP contribution in [0.5, 0.6) is 5.88 Å². The molecule has 2 fully saturated rings. The summed E-state index contributed by atoms with van der Waals surface area (Å²) in [5.74, 6) is -0.121. The molecule has 1 aromatic carbocycles. The molecule has 0 spiro atoms. The topological polar surface area (TPSA) is 95.1 Å². The first-order valence-corrected chi connectivity index (χ1v) is 12.7. The molecule has 1 aromatic heterocycles. The third-order valence-electron chi connectivity index (χ3n) is 6.94. The molecular weight excluding hydrogens is 458 g/mol. The Morgan fingerprint density at radius 3 is 2.50 bits per heavy atom. The number of carbonyl (C=O) groups is 3. The summed E-state index contributed by atoms with van der Waals surface area (Å²) in [7, 11) is 1.63. The lowest BCUT2D eigenvalue weighted by molar-refractivity contribution is -0.136. The average Bonchev–Trinajstić information content (AvgIpc) is 3.21. The third kappa shape index (κ3) is 5.21. The van der Waals surface area contributed by atoms with Gasteiger partial charge in [0, 0.05) is 68.7 Å². The highest BCUT2D eigenvalue weighted by Crippen LogP contribution is 2.31. The Morgan fingerprint density at radius 2 is 1.83 bits per heavy atom. The number of piperazine rings is 1. The summed E-state index contributed by atoms with van der Waals surface area (Å²) >= 11 is 0. The highest BCUT2D eigenvalue weighted by Gasteiger charge is 2.39. The number of nitrogens with one attached hydrogen (secondary N) is 1. The van der Waals surface area contributed by atoms with Crippen LogP contribution in [0.1, 0.15) is 53.7 Å². The summed E-state index contributed by atoms with van der Waals surface area (Å²) in [6, 6.07) is 7.55. The smallest absolute Gasteiger partial charge is 0.255 e. The van der Waals surface area contributed by atoms with Crippen molar-refractivity contribution in [2.24, 2.45) is 0 Å². The van der Waals surface area contributed by atoms with Crippen molar-refractivity contribution in [3.8, 4) is 5.88 Å². The summed E-state index contributed by atoms with van der Waals surface area (Å²) < 4.78 is 5.25. The number of carbonyl (C=O) groups excluding carboxylic acids is 3. The molecule has 0 bridgehead atoms. The maximum absolute atomic E-state index is 13.1. The molecule has 1 atom stereocenters. The van der Waals surface area contributed by atoms with E-state index < -0.39 is 6.04 Å². The van der Waals surface area contributed by atoms with Crippen LogP contribution in [0.15, 0.2) is 30.5 Å². The zero-order valence-electron chi connectivity index (χ0n) is 21.5. The van der Waals surface area contributed by atoms with Gasteiger partial charge in [0.15, 0.2) is 0 Å². The number of benzene rings is 1. The highest BCUT2D eigenvalue weighted by atomic mass is 16.5. The molecule has 3 amide bonds. The highest BCUT2D eigenvalue weighted by molar-refractivity contribution is 6.05. The van der Waals surface area contributed by atoms with Crippen molar-refractivity contribution in [1.29, 1.82) is 0 Å². The summed E-state index contributed by atoms with van der Waals surface area (Å²) in [6.45, 7) is 10.8. The molecule has 4 heterocycles. The fourth-order valence-corrected chi connectivity index (χ4v) is 5.08. The summed E-state index contributed by atoms with van der Waals surface area (Å²) in [5.41, 5.74) is 4.82. The molecule has 9 nitrogen and oxygen atoms in total. The zero-order chi connectivity index (χ0) is 25.8. The van der Waals surface area contributed by atoms with Crippen molar-refractivity contribution >= 4 is 23.4 Å². The summed E-state index contributed by atoms with van der Waals surface area (Å²) in [6.07, 6.45) is 2.51. The van der Waals surface area contributed by atoms with E-state index in [4.69, 9.17) is 4.74 Å². The van der Waals surface area contributed by atoms with Crippen molar-refractivity contribution in [2.75, 3.05) is 38.2 Å². The van der Waals surface area contributed by atoms with Gasteiger partial charge >= 0.3 is 0 Å². The monoisotopic (exact) mass is 493 g/mol. The Labute approximate surface area is 212 Å². The van der Waals surface area contributed by atoms with Gasteiger partial charge < -0.3 is 14.5 Å². The number of aromatic nitrogens is 1. The minimum atomic E-state index is -0.583. The molecule has 0 aliphatic carbocycles. The number of hydrogen-bond donors (Lipinski definition) is 1. The number of aryl methyl sites for hydroxylation is 1. The Kier molecular flexibility index (Phi) is 7.88. The van der Waals surface area contributed by atoms with Crippen LogP contribution in [0, 0.1) is 6.92 Å². The van der Waals surface area contributed by atoms with Crippen molar-refractivity contribution in [2.45, 2.75) is 52.7 Å². The van der Waals surface area contributed by atoms with Gasteiger partial charge in [-0.2, -0.15) is 0 Å². The number of imide groups is 1. The Morgan fingerprint density at radius 1 is 1.08 bits per heavy atom. The van der Waals surface area contributed by atoms with Crippen molar-refractivity contribution in [3.63, 3.8) is 0 Å². The molecule has 3 aliphatic heterocycles. The molecule has 1 unspecified atom stereocenters. The second kappa shape index (κ2) is 11.1. The molecule has 0 radical (unpaired) electrons. The van der Waals surface area contributed by atoms with Crippen LogP contribution in [0.2, 0.25) is 0 Å². The van der Waals surface area contributed by atoms with Crippen molar-refractivity contribution < 1.29 is 19.1 Å². The van der Waals surface area contributed by atoms with E-state index in [0.717, 1.165) is 49.5 Å². The first-order chi connectivity index (χ1) is 17.4. The number of anilines is 1. The van der Waals surface area contributed by atoms with Gasteiger partial charge in [0.25, 0.3) is 5.91 Å². The first-order valence-electron chi connectivity index (χ1n) is 12.7. The van der Waals surface area contributed by atoms with Gasteiger partial charge in [-0.25, -0.2) is 4.98 Å². The minimum Gasteiger partial charge on any atom is -0.481 e. The SMILES string of the molecule is CC.COc1ncc(CN2CCN(c3ccc4c(c3)C(=O)N(C3CCC(=O)NC3=O)C4)CC2)cc1C. The molecule has 2 aromatic rings. The van der Waals surface area contributed by atoms with Gasteiger partial charge in [0.05, 0.1) is 7.11 Å². The van der Waals surface area contributed by atoms with Gasteiger partial charge in [-0.1, -0.05) is 19.9 Å². The summed E-state index contributed by atoms with van der Waals surface area (Å²) in [5, 5.41) is 2.35. The largest absolute Gasteiger partial charge is 0.481 e. The van der Waals surface area contributed by atoms with Gasteiger partial charge in [0.1, 0.15) is 6.04 Å². The van der Waals surface area contributed by atoms with Crippen LogP contribution in [0.3, 0.4) is 0 Å². The number of pyridine rings is 1. The number of hydrogen-bond acceptors (Lipinski definition) is 7. The maximum atomic E-state index is 13.1. The molecule has 0 saturated carbocycles. The molecule has 192 valence electrons. The van der Waals surface area contributed by atoms with Crippen LogP contribution in [-0.4, -0.2) is 71.8 Å². The lowest BCUT2D eigenvalue weighted by atomic mass is 10.0. The number of rotatable bonds is 5. The zero-order valence-corrected chi connectivity index (χ0v) is 21.5. The van der Waals surface area contributed by atoms with E-state index in [0.29, 0.717) is 24.4 Å². The standard InChI is InChI=1S/C25H29N5O4.C2H6/c1-16-11-17(13-26-24(16)34-2)14-28-7-9-29(10-8-28)19-4-3-18-15-30(25(33)20(18)12-19)21-5-6-22(31)27-23(21)32;1-2/h3-4,11-13,21H,5-10,14-15H2,1-2H3,(H,27,31,32);1-2H3. The molecule has 1 N–H and O–H groups in total. The van der Waals surface area contributed by atoms with Crippen LogP contribution in [-0.2, 0) is 22.7 Å². The van der Waals surface area contributed by atoms with Gasteiger partial charge in [0.2, 0.25) is 17.7 Å². The molecule has 2 saturated heterocycles. The van der Waals surface area contributed by atoms with Gasteiger partial charge in [-0.05, 0) is 42.7 Å². The van der Waals surface area contributed by atoms with E-state index in [9.17, 15) is 14.4 Å². The molecule has 5 rings (SSSR count). The molecule has 9 heteroatoms. The fourth-order valence-electron chi connectivity index (χ4n) is 5.08. The van der Waals surface area contributed by atoms with E-state index >= 15 is 0 Å². The average molecular weight is 494 g/mol. The summed E-state index contributed by atoms with van der Waals surface area (Å²) in [4.78, 5) is 47.5. The number of fused-ring (bicyclic) bond motifs is 1. The molecular formula is C27H35N5O4. The number of ether oxygens (including phenoxy) is 1. The van der Waals surface area contributed by atoms with Crippen LogP contribution in [0.25, 0.3) is 0 Å². The molecule has 3 aliphatic rings. The van der Waals surface area contributed by atoms with Crippen molar-refractivity contribution in [3.05, 3.63) is 52.7 Å². The van der Waals surface area contributed by atoms with Gasteiger partial charge in [-0.3, -0.25) is 24.6 Å². The number of amides is 3. The number of methoxy groups -OCH3 is 1. The first kappa shape index (κ1) is 25.6. The Bertz CT molecular complexity index is 1140. The maximum Gasteiger partial charge on any atom is 0.255 e. The van der Waals surface area contributed by atoms with Crippen molar-refractivity contribution in [1.82, 2.24) is 20.1 Å². The van der Waals surface area contributed by atoms with E-state index in [2.05, 4.69) is 32.2 Å².